The summed E-state index contributed by atoms with van der Waals surface area (Å²) in [7, 11) is 1.88. The Kier molecular flexibility index (Phi) is 4.58. The largest absolute Gasteiger partial charge is 0.373 e. The standard InChI is InChI=1S/C13H17ClN2O2/c1-15-8-12-9-16(6-7-18-12)13(17)10-2-4-11(14)5-3-10/h2-5,12,15H,6-9H2,1H3. The lowest BCUT2D eigenvalue weighted by molar-refractivity contribution is -0.0196. The number of likely N-dealkylation sites (N-methyl/N-ethyl adjacent to an activating group) is 1. The summed E-state index contributed by atoms with van der Waals surface area (Å²) >= 11 is 5.81. The van der Waals surface area contributed by atoms with E-state index in [0.717, 1.165) is 6.54 Å². The number of rotatable bonds is 3. The molecule has 1 aromatic carbocycles. The normalized spacial score (nSPS) is 19.9. The zero-order valence-electron chi connectivity index (χ0n) is 10.4. The lowest BCUT2D eigenvalue weighted by atomic mass is 10.1. The van der Waals surface area contributed by atoms with Gasteiger partial charge in [0.1, 0.15) is 0 Å². The Morgan fingerprint density at radius 2 is 2.22 bits per heavy atom. The average molecular weight is 269 g/mol. The number of nitrogens with one attached hydrogen (secondary N) is 1. The number of carbonyl (C=O) groups excluding carboxylic acids is 1. The number of hydrogen-bond acceptors (Lipinski definition) is 3. The minimum Gasteiger partial charge on any atom is -0.373 e. The van der Waals surface area contributed by atoms with Crippen LogP contribution < -0.4 is 5.32 Å². The maximum Gasteiger partial charge on any atom is 0.254 e. The topological polar surface area (TPSA) is 41.6 Å². The van der Waals surface area contributed by atoms with E-state index in [0.29, 0.717) is 30.3 Å². The van der Waals surface area contributed by atoms with E-state index >= 15 is 0 Å². The van der Waals surface area contributed by atoms with Gasteiger partial charge in [-0.2, -0.15) is 0 Å². The summed E-state index contributed by atoms with van der Waals surface area (Å²) in [6.45, 7) is 2.61. The van der Waals surface area contributed by atoms with Crippen molar-refractivity contribution < 1.29 is 9.53 Å². The summed E-state index contributed by atoms with van der Waals surface area (Å²) in [6, 6.07) is 6.99. The Balaban J connectivity index is 2.02. The predicted octanol–water partition coefficient (Wildman–Crippen LogP) is 1.40. The quantitative estimate of drug-likeness (QED) is 0.901. The molecule has 98 valence electrons. The van der Waals surface area contributed by atoms with E-state index in [1.54, 1.807) is 24.3 Å². The molecule has 1 N–H and O–H groups in total. The van der Waals surface area contributed by atoms with E-state index in [-0.39, 0.29) is 12.0 Å². The van der Waals surface area contributed by atoms with Gasteiger partial charge in [0.05, 0.1) is 12.7 Å². The third kappa shape index (κ3) is 3.22. The van der Waals surface area contributed by atoms with Crippen LogP contribution in [0.5, 0.6) is 0 Å². The summed E-state index contributed by atoms with van der Waals surface area (Å²) in [5, 5.41) is 3.70. The highest BCUT2D eigenvalue weighted by Gasteiger charge is 2.24. The van der Waals surface area contributed by atoms with E-state index < -0.39 is 0 Å². The Morgan fingerprint density at radius 1 is 1.50 bits per heavy atom. The fourth-order valence-electron chi connectivity index (χ4n) is 2.03. The van der Waals surface area contributed by atoms with Crippen molar-refractivity contribution in [2.24, 2.45) is 0 Å². The molecule has 0 radical (unpaired) electrons. The fraction of sp³-hybridized carbons (Fsp3) is 0.462. The molecule has 2 rings (SSSR count). The number of halogens is 1. The van der Waals surface area contributed by atoms with Gasteiger partial charge in [-0.25, -0.2) is 0 Å². The maximum atomic E-state index is 12.3. The molecule has 0 aliphatic carbocycles. The Morgan fingerprint density at radius 3 is 2.89 bits per heavy atom. The number of nitrogens with zero attached hydrogens (tertiary/aromatic N) is 1. The van der Waals surface area contributed by atoms with Crippen LogP contribution in [0.2, 0.25) is 5.02 Å². The van der Waals surface area contributed by atoms with Gasteiger partial charge in [0, 0.05) is 30.2 Å². The molecule has 1 aromatic rings. The van der Waals surface area contributed by atoms with Gasteiger partial charge in [-0.3, -0.25) is 4.79 Å². The van der Waals surface area contributed by atoms with Gasteiger partial charge in [-0.1, -0.05) is 11.6 Å². The molecule has 0 aromatic heterocycles. The van der Waals surface area contributed by atoms with Crippen LogP contribution >= 0.6 is 11.6 Å². The summed E-state index contributed by atoms with van der Waals surface area (Å²) < 4.78 is 5.58. The molecule has 5 heteroatoms. The number of morpholine rings is 1. The smallest absolute Gasteiger partial charge is 0.254 e. The summed E-state index contributed by atoms with van der Waals surface area (Å²) in [5.41, 5.74) is 0.671. The number of ether oxygens (including phenoxy) is 1. The molecule has 1 unspecified atom stereocenters. The van der Waals surface area contributed by atoms with Gasteiger partial charge >= 0.3 is 0 Å². The third-order valence-electron chi connectivity index (χ3n) is 2.95. The van der Waals surface area contributed by atoms with Crippen LogP contribution in [0.1, 0.15) is 10.4 Å². The second-order valence-corrected chi connectivity index (χ2v) is 4.74. The summed E-state index contributed by atoms with van der Waals surface area (Å²) in [6.07, 6.45) is 0.0694. The predicted molar refractivity (Wildman–Crippen MR) is 71.0 cm³/mol. The molecule has 1 aliphatic heterocycles. The van der Waals surface area contributed by atoms with Gasteiger partial charge in [-0.05, 0) is 31.3 Å². The van der Waals surface area contributed by atoms with Gasteiger partial charge in [0.25, 0.3) is 5.91 Å². The number of hydrogen-bond donors (Lipinski definition) is 1. The van der Waals surface area contributed by atoms with Crippen LogP contribution in [0.4, 0.5) is 0 Å². The van der Waals surface area contributed by atoms with Crippen molar-refractivity contribution in [1.82, 2.24) is 10.2 Å². The first-order valence-electron chi connectivity index (χ1n) is 6.01. The SMILES string of the molecule is CNCC1CN(C(=O)c2ccc(Cl)cc2)CCO1. The van der Waals surface area contributed by atoms with Crippen molar-refractivity contribution in [2.75, 3.05) is 33.3 Å². The van der Waals surface area contributed by atoms with Gasteiger partial charge < -0.3 is 15.0 Å². The Hall–Kier alpha value is -1.10. The van der Waals surface area contributed by atoms with Gasteiger partial charge in [0.2, 0.25) is 0 Å². The second-order valence-electron chi connectivity index (χ2n) is 4.31. The first-order valence-corrected chi connectivity index (χ1v) is 6.39. The molecule has 0 spiro atoms. The van der Waals surface area contributed by atoms with Crippen molar-refractivity contribution in [3.8, 4) is 0 Å². The molecule has 1 aliphatic rings. The Bertz CT molecular complexity index is 406. The lowest BCUT2D eigenvalue weighted by Crippen LogP contribution is -2.48. The van der Waals surface area contributed by atoms with Gasteiger partial charge in [-0.15, -0.1) is 0 Å². The van der Waals surface area contributed by atoms with E-state index in [2.05, 4.69) is 5.32 Å². The number of amides is 1. The van der Waals surface area contributed by atoms with Crippen molar-refractivity contribution in [2.45, 2.75) is 6.10 Å². The second kappa shape index (κ2) is 6.18. The van der Waals surface area contributed by atoms with Crippen LogP contribution in [-0.4, -0.2) is 50.2 Å². The highest BCUT2D eigenvalue weighted by Crippen LogP contribution is 2.13. The van der Waals surface area contributed by atoms with Crippen LogP contribution in [0, 0.1) is 0 Å². The summed E-state index contributed by atoms with van der Waals surface area (Å²) in [5.74, 6) is 0.0380. The molecule has 0 saturated carbocycles. The lowest BCUT2D eigenvalue weighted by Gasteiger charge is -2.33. The van der Waals surface area contributed by atoms with Crippen LogP contribution in [-0.2, 0) is 4.74 Å². The molecule has 4 nitrogen and oxygen atoms in total. The third-order valence-corrected chi connectivity index (χ3v) is 3.20. The van der Waals surface area contributed by atoms with Crippen molar-refractivity contribution in [1.29, 1.82) is 0 Å². The summed E-state index contributed by atoms with van der Waals surface area (Å²) in [4.78, 5) is 14.1. The van der Waals surface area contributed by atoms with E-state index in [1.165, 1.54) is 0 Å². The molecule has 1 amide bonds. The monoisotopic (exact) mass is 268 g/mol. The molecular formula is C13H17ClN2O2. The van der Waals surface area contributed by atoms with E-state index in [4.69, 9.17) is 16.3 Å². The van der Waals surface area contributed by atoms with Crippen molar-refractivity contribution in [3.05, 3.63) is 34.9 Å². The first-order chi connectivity index (χ1) is 8.70. The number of benzene rings is 1. The fourth-order valence-corrected chi connectivity index (χ4v) is 2.16. The molecule has 0 bridgehead atoms. The molecule has 1 fully saturated rings. The van der Waals surface area contributed by atoms with Crippen LogP contribution in [0.3, 0.4) is 0 Å². The molecule has 1 saturated heterocycles. The minimum absolute atomic E-state index is 0.0380. The first kappa shape index (κ1) is 13.3. The molecular weight excluding hydrogens is 252 g/mol. The molecule has 18 heavy (non-hydrogen) atoms. The van der Waals surface area contributed by atoms with Gasteiger partial charge in [0.15, 0.2) is 0 Å². The van der Waals surface area contributed by atoms with E-state index in [1.807, 2.05) is 11.9 Å². The average Bonchev–Trinajstić information content (AvgIpc) is 2.39. The van der Waals surface area contributed by atoms with Crippen LogP contribution in [0.25, 0.3) is 0 Å². The highest BCUT2D eigenvalue weighted by atomic mass is 35.5. The number of carbonyl (C=O) groups is 1. The van der Waals surface area contributed by atoms with Crippen molar-refractivity contribution >= 4 is 17.5 Å². The zero-order chi connectivity index (χ0) is 13.0. The minimum atomic E-state index is 0.0380. The van der Waals surface area contributed by atoms with E-state index in [9.17, 15) is 4.79 Å². The van der Waals surface area contributed by atoms with Crippen LogP contribution in [0.15, 0.2) is 24.3 Å². The molecule has 1 atom stereocenters. The molecule has 1 heterocycles. The highest BCUT2D eigenvalue weighted by molar-refractivity contribution is 6.30. The zero-order valence-corrected chi connectivity index (χ0v) is 11.1. The maximum absolute atomic E-state index is 12.3. The Labute approximate surface area is 112 Å². The van der Waals surface area contributed by atoms with Crippen molar-refractivity contribution in [3.63, 3.8) is 0 Å².